The molecule has 4 aliphatic carbocycles. The first-order chi connectivity index (χ1) is 14.8. The number of hydrogen-bond acceptors (Lipinski definition) is 7. The van der Waals surface area contributed by atoms with E-state index in [9.17, 15) is 24.6 Å². The predicted octanol–water partition coefficient (Wildman–Crippen LogP) is 1.73. The number of ketones is 1. The smallest absolute Gasteiger partial charge is 0.344 e. The summed E-state index contributed by atoms with van der Waals surface area (Å²) >= 11 is 0. The molecule has 7 atom stereocenters. The van der Waals surface area contributed by atoms with Crippen LogP contribution in [0.1, 0.15) is 51.9 Å². The maximum atomic E-state index is 12.4. The molecule has 0 radical (unpaired) electrons. The molecule has 0 aliphatic heterocycles. The fourth-order valence-electron chi connectivity index (χ4n) is 7.43. The number of carbonyl (C=O) groups excluding carboxylic acids is 2. The first-order valence-electron chi connectivity index (χ1n) is 11.2. The van der Waals surface area contributed by atoms with E-state index in [1.807, 2.05) is 6.08 Å². The number of nitrogens with zero attached hydrogens (tertiary/aromatic N) is 1. The van der Waals surface area contributed by atoms with Gasteiger partial charge in [-0.1, -0.05) is 17.7 Å². The molecule has 3 N–H and O–H groups in total. The fraction of sp³-hybridized carbons (Fsp3) is 0.739. The van der Waals surface area contributed by atoms with Crippen molar-refractivity contribution >= 4 is 23.8 Å². The molecule has 170 valence electrons. The molecule has 8 heteroatoms. The van der Waals surface area contributed by atoms with E-state index in [0.29, 0.717) is 18.6 Å². The highest BCUT2D eigenvalue weighted by Crippen LogP contribution is 2.66. The minimum Gasteiger partial charge on any atom is -0.479 e. The minimum absolute atomic E-state index is 0.00459. The Hall–Kier alpha value is -2.06. The van der Waals surface area contributed by atoms with E-state index in [2.05, 4.69) is 12.1 Å². The minimum atomic E-state index is -1.07. The molecule has 4 aliphatic rings. The molecule has 0 spiro atoms. The highest BCUT2D eigenvalue weighted by atomic mass is 16.6. The zero-order chi connectivity index (χ0) is 22.4. The lowest BCUT2D eigenvalue weighted by Gasteiger charge is -2.59. The summed E-state index contributed by atoms with van der Waals surface area (Å²) in [6, 6.07) is 0. The van der Waals surface area contributed by atoms with E-state index in [4.69, 9.17) is 9.94 Å². The number of carboxylic acid groups (broad SMARTS) is 1. The number of Topliss-reactive ketones (excluding diaryl/α,β-unsaturated/α-hetero) is 1. The van der Waals surface area contributed by atoms with Gasteiger partial charge in [0.25, 0.3) is 0 Å². The fourth-order valence-corrected chi connectivity index (χ4v) is 7.43. The second kappa shape index (κ2) is 8.13. The lowest BCUT2D eigenvalue weighted by Crippen LogP contribution is -2.58. The van der Waals surface area contributed by atoms with Crippen LogP contribution >= 0.6 is 0 Å². The molecule has 0 aromatic heterocycles. The van der Waals surface area contributed by atoms with Crippen LogP contribution in [0.4, 0.5) is 0 Å². The van der Waals surface area contributed by atoms with Gasteiger partial charge in [-0.15, -0.1) is 0 Å². The van der Waals surface area contributed by atoms with Crippen LogP contribution in [0, 0.1) is 34.5 Å². The SMILES string of the molecule is C[C@]12CC/C(=N/OCC(=O)O)C=C1CC[C@@H]1[C@@H]2[C@@H](O)C[C@]2(C=O)[C@@H](C(=O)CO)CC[C@@H]12. The lowest BCUT2D eigenvalue weighted by molar-refractivity contribution is -0.156. The Kier molecular flexibility index (Phi) is 5.81. The Morgan fingerprint density at radius 2 is 2.06 bits per heavy atom. The number of carboxylic acids is 1. The Balaban J connectivity index is 1.62. The average Bonchev–Trinajstić information content (AvgIpc) is 3.12. The predicted molar refractivity (Wildman–Crippen MR) is 110 cm³/mol. The molecule has 0 heterocycles. The van der Waals surface area contributed by atoms with Gasteiger partial charge in [-0.3, -0.25) is 4.79 Å². The molecule has 0 saturated heterocycles. The van der Waals surface area contributed by atoms with Crippen molar-refractivity contribution in [3.8, 4) is 0 Å². The molecule has 0 bridgehead atoms. The van der Waals surface area contributed by atoms with Crippen LogP contribution in [0.2, 0.25) is 0 Å². The number of aliphatic hydroxyl groups excluding tert-OH is 2. The van der Waals surface area contributed by atoms with Gasteiger partial charge in [0.1, 0.15) is 12.9 Å². The van der Waals surface area contributed by atoms with E-state index in [1.54, 1.807) is 0 Å². The highest BCUT2D eigenvalue weighted by Gasteiger charge is 2.64. The number of hydrogen-bond donors (Lipinski definition) is 3. The van der Waals surface area contributed by atoms with Crippen molar-refractivity contribution in [1.29, 1.82) is 0 Å². The van der Waals surface area contributed by atoms with Crippen LogP contribution in [0.3, 0.4) is 0 Å². The van der Waals surface area contributed by atoms with E-state index in [-0.39, 0.29) is 35.4 Å². The second-order valence-corrected chi connectivity index (χ2v) is 9.93. The van der Waals surface area contributed by atoms with E-state index in [0.717, 1.165) is 32.0 Å². The molecule has 3 fully saturated rings. The third-order valence-corrected chi connectivity index (χ3v) is 8.65. The zero-order valence-corrected chi connectivity index (χ0v) is 17.8. The van der Waals surface area contributed by atoms with Crippen molar-refractivity contribution in [2.75, 3.05) is 13.2 Å². The first-order valence-corrected chi connectivity index (χ1v) is 11.2. The number of aliphatic hydroxyl groups is 2. The van der Waals surface area contributed by atoms with Crippen molar-refractivity contribution in [1.82, 2.24) is 0 Å². The lowest BCUT2D eigenvalue weighted by atomic mass is 9.45. The number of aliphatic carboxylic acids is 1. The molecule has 0 amide bonds. The van der Waals surface area contributed by atoms with Gasteiger partial charge in [0.05, 0.1) is 11.8 Å². The van der Waals surface area contributed by atoms with Gasteiger partial charge in [-0.2, -0.15) is 0 Å². The van der Waals surface area contributed by atoms with Crippen LogP contribution in [-0.2, 0) is 19.2 Å². The van der Waals surface area contributed by atoms with Crippen molar-refractivity contribution in [2.24, 2.45) is 39.7 Å². The van der Waals surface area contributed by atoms with Gasteiger partial charge in [0.15, 0.2) is 5.78 Å². The summed E-state index contributed by atoms with van der Waals surface area (Å²) < 4.78 is 0. The Bertz CT molecular complexity index is 836. The summed E-state index contributed by atoms with van der Waals surface area (Å²) in [4.78, 5) is 40.3. The Labute approximate surface area is 181 Å². The molecule has 0 aromatic rings. The van der Waals surface area contributed by atoms with Gasteiger partial charge in [0, 0.05) is 11.3 Å². The van der Waals surface area contributed by atoms with Crippen molar-refractivity contribution < 1.29 is 34.5 Å². The highest BCUT2D eigenvalue weighted by molar-refractivity contribution is 5.96. The van der Waals surface area contributed by atoms with Crippen LogP contribution in [0.25, 0.3) is 0 Å². The van der Waals surface area contributed by atoms with E-state index >= 15 is 0 Å². The first kappa shape index (κ1) is 22.1. The maximum Gasteiger partial charge on any atom is 0.344 e. The molecular weight excluding hydrogens is 402 g/mol. The number of aldehydes is 1. The van der Waals surface area contributed by atoms with Crippen molar-refractivity contribution in [3.05, 3.63) is 11.6 Å². The topological polar surface area (TPSA) is 133 Å². The number of fused-ring (bicyclic) bond motifs is 5. The summed E-state index contributed by atoms with van der Waals surface area (Å²) in [5.41, 5.74) is 0.803. The number of rotatable bonds is 6. The number of oxime groups is 1. The number of carbonyl (C=O) groups is 3. The molecule has 31 heavy (non-hydrogen) atoms. The maximum absolute atomic E-state index is 12.4. The summed E-state index contributed by atoms with van der Waals surface area (Å²) in [6.07, 6.45) is 6.86. The van der Waals surface area contributed by atoms with Crippen LogP contribution < -0.4 is 0 Å². The van der Waals surface area contributed by atoms with Gasteiger partial charge in [-0.05, 0) is 74.2 Å². The van der Waals surface area contributed by atoms with Crippen molar-refractivity contribution in [3.63, 3.8) is 0 Å². The van der Waals surface area contributed by atoms with Gasteiger partial charge in [0.2, 0.25) is 6.61 Å². The molecule has 0 aromatic carbocycles. The standard InChI is InChI=1S/C23H31NO7/c1-22-7-6-14(24-31-11-20(29)30)8-13(22)2-3-15-16-4-5-17(19(28)10-25)23(16,12-26)9-18(27)21(15)22/h8,12,15-18,21,25,27H,2-7,9-11H2,1H3,(H,29,30)/b24-14-/t15-,16-,17+,18-,21+,22-,23+/m0/s1. The van der Waals surface area contributed by atoms with Crippen molar-refractivity contribution in [2.45, 2.75) is 58.0 Å². The van der Waals surface area contributed by atoms with Gasteiger partial charge in [-0.25, -0.2) is 4.79 Å². The molecule has 4 rings (SSSR count). The molecule has 3 saturated carbocycles. The number of allylic oxidation sites excluding steroid dienone is 2. The third kappa shape index (κ3) is 3.44. The van der Waals surface area contributed by atoms with E-state index < -0.39 is 36.6 Å². The molecular formula is C23H31NO7. The average molecular weight is 434 g/mol. The molecule has 8 nitrogen and oxygen atoms in total. The van der Waals surface area contributed by atoms with E-state index in [1.165, 1.54) is 5.57 Å². The largest absolute Gasteiger partial charge is 0.479 e. The zero-order valence-electron chi connectivity index (χ0n) is 17.8. The van der Waals surface area contributed by atoms with Crippen LogP contribution in [0.5, 0.6) is 0 Å². The summed E-state index contributed by atoms with van der Waals surface area (Å²) in [6.45, 7) is 1.14. The summed E-state index contributed by atoms with van der Waals surface area (Å²) in [5.74, 6) is -1.67. The Morgan fingerprint density at radius 1 is 1.29 bits per heavy atom. The van der Waals surface area contributed by atoms with Crippen LogP contribution in [-0.4, -0.2) is 58.4 Å². The quantitative estimate of drug-likeness (QED) is 0.429. The second-order valence-electron chi connectivity index (χ2n) is 9.93. The van der Waals surface area contributed by atoms with Gasteiger partial charge < -0.3 is 25.0 Å². The normalized spacial score (nSPS) is 42.7. The van der Waals surface area contributed by atoms with Crippen LogP contribution in [0.15, 0.2) is 16.8 Å². The molecule has 0 unspecified atom stereocenters. The monoisotopic (exact) mass is 433 g/mol. The summed E-state index contributed by atoms with van der Waals surface area (Å²) in [7, 11) is 0. The Morgan fingerprint density at radius 3 is 2.74 bits per heavy atom. The van der Waals surface area contributed by atoms with Gasteiger partial charge >= 0.3 is 5.97 Å². The summed E-state index contributed by atoms with van der Waals surface area (Å²) in [5, 5.41) is 33.4. The third-order valence-electron chi connectivity index (χ3n) is 8.65.